The van der Waals surface area contributed by atoms with E-state index in [0.717, 1.165) is 19.4 Å². The van der Waals surface area contributed by atoms with Crippen molar-refractivity contribution in [3.05, 3.63) is 47.8 Å². The minimum atomic E-state index is -0.310. The molecule has 0 spiro atoms. The van der Waals surface area contributed by atoms with Crippen LogP contribution in [0.4, 0.5) is 10.2 Å². The van der Waals surface area contributed by atoms with Gasteiger partial charge in [-0.3, -0.25) is 9.69 Å². The van der Waals surface area contributed by atoms with Gasteiger partial charge in [-0.25, -0.2) is 4.39 Å². The summed E-state index contributed by atoms with van der Waals surface area (Å²) in [7, 11) is 0. The third-order valence-electron chi connectivity index (χ3n) is 5.36. The van der Waals surface area contributed by atoms with E-state index >= 15 is 0 Å². The molecule has 1 N–H and O–H groups in total. The van der Waals surface area contributed by atoms with Crippen LogP contribution < -0.4 is 5.32 Å². The molecular weight excluding hydrogens is 389 g/mol. The molecular formula is C21H24FN5O3. The molecule has 2 aromatic heterocycles. The Balaban J connectivity index is 1.44. The first-order valence-electron chi connectivity index (χ1n) is 10.1. The van der Waals surface area contributed by atoms with E-state index in [1.165, 1.54) is 12.1 Å². The molecule has 158 valence electrons. The fourth-order valence-corrected chi connectivity index (χ4v) is 3.85. The SMILES string of the molecule is CCC(C(=O)Nc1cc(C)on1)N1CCCC(c2nc(-c3ccc(F)cc3)no2)C1. The molecule has 3 heterocycles. The third-order valence-corrected chi connectivity index (χ3v) is 5.36. The number of halogens is 1. The maximum atomic E-state index is 13.1. The lowest BCUT2D eigenvalue weighted by molar-refractivity contribution is -0.122. The van der Waals surface area contributed by atoms with Gasteiger partial charge < -0.3 is 14.4 Å². The number of nitrogens with one attached hydrogen (secondary N) is 1. The fraction of sp³-hybridized carbons (Fsp3) is 0.429. The summed E-state index contributed by atoms with van der Waals surface area (Å²) < 4.78 is 23.7. The second-order valence-corrected chi connectivity index (χ2v) is 7.53. The maximum Gasteiger partial charge on any atom is 0.242 e. The number of hydrogen-bond acceptors (Lipinski definition) is 7. The maximum absolute atomic E-state index is 13.1. The van der Waals surface area contributed by atoms with Crippen LogP contribution in [-0.4, -0.2) is 45.2 Å². The molecule has 30 heavy (non-hydrogen) atoms. The number of benzene rings is 1. The van der Waals surface area contributed by atoms with Crippen molar-refractivity contribution in [2.75, 3.05) is 18.4 Å². The van der Waals surface area contributed by atoms with Crippen LogP contribution in [-0.2, 0) is 4.79 Å². The summed E-state index contributed by atoms with van der Waals surface area (Å²) in [6.45, 7) is 5.23. The molecule has 1 aromatic carbocycles. The standard InChI is InChI=1S/C21H24FN5O3/c1-3-17(20(28)23-18-11-13(2)29-25-18)27-10-4-5-15(12-27)21-24-19(26-30-21)14-6-8-16(22)9-7-14/h6-9,11,15,17H,3-5,10,12H2,1-2H3,(H,23,25,28). The minimum Gasteiger partial charge on any atom is -0.360 e. The molecule has 1 saturated heterocycles. The molecule has 3 aromatic rings. The second-order valence-electron chi connectivity index (χ2n) is 7.53. The highest BCUT2D eigenvalue weighted by molar-refractivity contribution is 5.94. The summed E-state index contributed by atoms with van der Waals surface area (Å²) >= 11 is 0. The summed E-state index contributed by atoms with van der Waals surface area (Å²) in [5.74, 6) is 1.67. The average Bonchev–Trinajstić information content (AvgIpc) is 3.39. The van der Waals surface area contributed by atoms with Gasteiger partial charge in [-0.1, -0.05) is 17.2 Å². The van der Waals surface area contributed by atoms with Crippen molar-refractivity contribution in [2.24, 2.45) is 0 Å². The van der Waals surface area contributed by atoms with Crippen molar-refractivity contribution in [2.45, 2.75) is 45.1 Å². The van der Waals surface area contributed by atoms with Gasteiger partial charge in [-0.2, -0.15) is 4.98 Å². The Morgan fingerprint density at radius 1 is 1.30 bits per heavy atom. The Morgan fingerprint density at radius 2 is 2.10 bits per heavy atom. The number of carbonyl (C=O) groups excluding carboxylic acids is 1. The molecule has 0 aliphatic carbocycles. The Kier molecular flexibility index (Phi) is 5.89. The summed E-state index contributed by atoms with van der Waals surface area (Å²) in [6.07, 6.45) is 2.49. The van der Waals surface area contributed by atoms with Crippen LogP contribution in [0.15, 0.2) is 39.4 Å². The number of anilines is 1. The van der Waals surface area contributed by atoms with E-state index in [9.17, 15) is 9.18 Å². The van der Waals surface area contributed by atoms with Crippen molar-refractivity contribution in [1.82, 2.24) is 20.2 Å². The number of rotatable bonds is 6. The number of hydrogen-bond donors (Lipinski definition) is 1. The molecule has 2 atom stereocenters. The smallest absolute Gasteiger partial charge is 0.242 e. The van der Waals surface area contributed by atoms with E-state index < -0.39 is 0 Å². The van der Waals surface area contributed by atoms with Gasteiger partial charge in [0.25, 0.3) is 0 Å². The number of amides is 1. The number of carbonyl (C=O) groups is 1. The van der Waals surface area contributed by atoms with E-state index in [2.05, 4.69) is 25.5 Å². The van der Waals surface area contributed by atoms with E-state index in [4.69, 9.17) is 9.05 Å². The van der Waals surface area contributed by atoms with Gasteiger partial charge >= 0.3 is 0 Å². The first-order chi connectivity index (χ1) is 14.5. The molecule has 4 rings (SSSR count). The zero-order valence-electron chi connectivity index (χ0n) is 17.0. The van der Waals surface area contributed by atoms with Crippen LogP contribution in [0, 0.1) is 12.7 Å². The topological polar surface area (TPSA) is 97.3 Å². The summed E-state index contributed by atoms with van der Waals surface area (Å²) in [4.78, 5) is 19.5. The van der Waals surface area contributed by atoms with E-state index in [-0.39, 0.29) is 23.7 Å². The van der Waals surface area contributed by atoms with E-state index in [1.54, 1.807) is 25.1 Å². The molecule has 2 unspecified atom stereocenters. The first kappa shape index (κ1) is 20.2. The molecule has 9 heteroatoms. The van der Waals surface area contributed by atoms with Crippen LogP contribution in [0.1, 0.15) is 43.8 Å². The van der Waals surface area contributed by atoms with Gasteiger partial charge in [0.05, 0.1) is 12.0 Å². The van der Waals surface area contributed by atoms with Crippen molar-refractivity contribution >= 4 is 11.7 Å². The minimum absolute atomic E-state index is 0.0385. The summed E-state index contributed by atoms with van der Waals surface area (Å²) in [5, 5.41) is 10.7. The predicted molar refractivity (Wildman–Crippen MR) is 107 cm³/mol. The molecule has 1 amide bonds. The van der Waals surface area contributed by atoms with Crippen molar-refractivity contribution in [1.29, 1.82) is 0 Å². The largest absolute Gasteiger partial charge is 0.360 e. The molecule has 1 aliphatic rings. The Labute approximate surface area is 173 Å². The Hall–Kier alpha value is -3.07. The lowest BCUT2D eigenvalue weighted by Gasteiger charge is -2.35. The van der Waals surface area contributed by atoms with Gasteiger partial charge in [-0.15, -0.1) is 0 Å². The van der Waals surface area contributed by atoms with Crippen LogP contribution in [0.25, 0.3) is 11.4 Å². The summed E-state index contributed by atoms with van der Waals surface area (Å²) in [6, 6.07) is 7.40. The normalized spacial score (nSPS) is 18.3. The number of aryl methyl sites for hydroxylation is 1. The summed E-state index contributed by atoms with van der Waals surface area (Å²) in [5.41, 5.74) is 0.702. The van der Waals surface area contributed by atoms with Crippen LogP contribution in [0.2, 0.25) is 0 Å². The van der Waals surface area contributed by atoms with Crippen LogP contribution in [0.5, 0.6) is 0 Å². The highest BCUT2D eigenvalue weighted by Gasteiger charge is 2.32. The zero-order valence-corrected chi connectivity index (χ0v) is 17.0. The second kappa shape index (κ2) is 8.74. The Bertz CT molecular complexity index is 1000. The van der Waals surface area contributed by atoms with Gasteiger partial charge in [-0.05, 0) is 57.0 Å². The monoisotopic (exact) mass is 413 g/mol. The fourth-order valence-electron chi connectivity index (χ4n) is 3.85. The first-order valence-corrected chi connectivity index (χ1v) is 10.1. The highest BCUT2D eigenvalue weighted by Crippen LogP contribution is 2.29. The number of aromatic nitrogens is 3. The van der Waals surface area contributed by atoms with Gasteiger partial charge in [0.1, 0.15) is 11.6 Å². The van der Waals surface area contributed by atoms with E-state index in [1.807, 2.05) is 6.92 Å². The molecule has 0 bridgehead atoms. The van der Waals surface area contributed by atoms with Crippen LogP contribution >= 0.6 is 0 Å². The van der Waals surface area contributed by atoms with Crippen LogP contribution in [0.3, 0.4) is 0 Å². The lowest BCUT2D eigenvalue weighted by atomic mass is 9.95. The van der Waals surface area contributed by atoms with Gasteiger partial charge in [0.2, 0.25) is 17.6 Å². The molecule has 1 fully saturated rings. The third kappa shape index (κ3) is 4.40. The average molecular weight is 413 g/mol. The van der Waals surface area contributed by atoms with E-state index in [0.29, 0.717) is 41.8 Å². The Morgan fingerprint density at radius 3 is 2.80 bits per heavy atom. The van der Waals surface area contributed by atoms with Crippen molar-refractivity contribution in [3.63, 3.8) is 0 Å². The quantitative estimate of drug-likeness (QED) is 0.657. The number of nitrogens with zero attached hydrogens (tertiary/aromatic N) is 4. The van der Waals surface area contributed by atoms with Gasteiger partial charge in [0, 0.05) is 18.2 Å². The molecule has 0 saturated carbocycles. The molecule has 0 radical (unpaired) electrons. The van der Waals surface area contributed by atoms with Crippen molar-refractivity contribution < 1.29 is 18.2 Å². The molecule has 1 aliphatic heterocycles. The predicted octanol–water partition coefficient (Wildman–Crippen LogP) is 3.77. The van der Waals surface area contributed by atoms with Gasteiger partial charge in [0.15, 0.2) is 5.82 Å². The highest BCUT2D eigenvalue weighted by atomic mass is 19.1. The van der Waals surface area contributed by atoms with Crippen molar-refractivity contribution in [3.8, 4) is 11.4 Å². The number of likely N-dealkylation sites (tertiary alicyclic amines) is 1. The lowest BCUT2D eigenvalue weighted by Crippen LogP contribution is -2.48. The zero-order chi connectivity index (χ0) is 21.1. The number of piperidine rings is 1. The molecule has 8 nitrogen and oxygen atoms in total.